The zero-order valence-corrected chi connectivity index (χ0v) is 12.5. The first-order chi connectivity index (χ1) is 10.5. The van der Waals surface area contributed by atoms with E-state index in [4.69, 9.17) is 9.15 Å². The van der Waals surface area contributed by atoms with Crippen LogP contribution < -0.4 is 10.2 Å². The smallest absolute Gasteiger partial charge is 0.213 e. The third-order valence-electron chi connectivity index (χ3n) is 3.29. The van der Waals surface area contributed by atoms with E-state index in [-0.39, 0.29) is 20.8 Å². The fraction of sp³-hybridized carbons (Fsp3) is 0.0625. The normalized spacial score (nSPS) is 11.5. The molecule has 0 aliphatic carbocycles. The van der Waals surface area contributed by atoms with E-state index < -0.39 is 15.3 Å². The molecule has 112 valence electrons. The summed E-state index contributed by atoms with van der Waals surface area (Å²) >= 11 is 0. The Kier molecular flexibility index (Phi) is 3.46. The maximum atomic E-state index is 12.5. The molecule has 6 heteroatoms. The van der Waals surface area contributed by atoms with Gasteiger partial charge in [0.05, 0.1) is 17.4 Å². The van der Waals surface area contributed by atoms with E-state index in [1.165, 1.54) is 31.4 Å². The maximum Gasteiger partial charge on any atom is 0.213 e. The molecule has 0 atom stereocenters. The average molecular weight is 316 g/mol. The second kappa shape index (κ2) is 5.31. The number of benzene rings is 2. The van der Waals surface area contributed by atoms with E-state index in [0.717, 1.165) is 6.26 Å². The summed E-state index contributed by atoms with van der Waals surface area (Å²) in [5, 5.41) is 0.192. The van der Waals surface area contributed by atoms with Gasteiger partial charge in [0.1, 0.15) is 17.6 Å². The van der Waals surface area contributed by atoms with Crippen LogP contribution in [-0.2, 0) is 9.84 Å². The van der Waals surface area contributed by atoms with E-state index in [9.17, 15) is 13.2 Å². The summed E-state index contributed by atoms with van der Waals surface area (Å²) in [6.45, 7) is 0. The van der Waals surface area contributed by atoms with Crippen LogP contribution in [0, 0.1) is 0 Å². The Hall–Kier alpha value is -2.60. The van der Waals surface area contributed by atoms with Gasteiger partial charge in [-0.2, -0.15) is 0 Å². The predicted molar refractivity (Wildman–Crippen MR) is 80.9 cm³/mol. The van der Waals surface area contributed by atoms with E-state index in [1.54, 1.807) is 24.3 Å². The molecule has 1 aromatic heterocycles. The van der Waals surface area contributed by atoms with Crippen LogP contribution >= 0.6 is 0 Å². The molecule has 0 bridgehead atoms. The molecule has 1 heterocycles. The van der Waals surface area contributed by atoms with Crippen molar-refractivity contribution in [3.8, 4) is 5.75 Å². The van der Waals surface area contributed by atoms with Gasteiger partial charge < -0.3 is 9.15 Å². The summed E-state index contributed by atoms with van der Waals surface area (Å²) in [6, 6.07) is 12.4. The Balaban J connectivity index is 2.25. The lowest BCUT2D eigenvalue weighted by atomic mass is 10.2. The van der Waals surface area contributed by atoms with Gasteiger partial charge in [-0.05, 0) is 24.3 Å². The van der Waals surface area contributed by atoms with Crippen molar-refractivity contribution >= 4 is 20.8 Å². The zero-order valence-electron chi connectivity index (χ0n) is 11.6. The minimum Gasteiger partial charge on any atom is -0.497 e. The number of hydrogen-bond acceptors (Lipinski definition) is 5. The standard InChI is InChI=1S/C16H12O5S/c1-20-11-7-8-13-14(9-11)21-10-15(16(13)17)22(18,19)12-5-3-2-4-6-12/h2-10H,1H3. The summed E-state index contributed by atoms with van der Waals surface area (Å²) in [7, 11) is -2.42. The van der Waals surface area contributed by atoms with Crippen molar-refractivity contribution in [2.75, 3.05) is 7.11 Å². The highest BCUT2D eigenvalue weighted by atomic mass is 32.2. The molecule has 0 radical (unpaired) electrons. The SMILES string of the molecule is COc1ccc2c(=O)c(S(=O)(=O)c3ccccc3)coc2c1. The molecule has 5 nitrogen and oxygen atoms in total. The minimum absolute atomic E-state index is 0.0511. The summed E-state index contributed by atoms with van der Waals surface area (Å²) in [5.41, 5.74) is -0.316. The van der Waals surface area contributed by atoms with Crippen molar-refractivity contribution in [1.82, 2.24) is 0 Å². The molecule has 2 aromatic carbocycles. The minimum atomic E-state index is -3.91. The van der Waals surface area contributed by atoms with Gasteiger partial charge in [0.2, 0.25) is 15.3 Å². The van der Waals surface area contributed by atoms with Crippen LogP contribution in [0.4, 0.5) is 0 Å². The second-order valence-electron chi connectivity index (χ2n) is 4.61. The molecule has 0 saturated heterocycles. The van der Waals surface area contributed by atoms with Crippen LogP contribution in [0.1, 0.15) is 0 Å². The highest BCUT2D eigenvalue weighted by Gasteiger charge is 2.23. The molecule has 0 saturated carbocycles. The van der Waals surface area contributed by atoms with Gasteiger partial charge in [-0.3, -0.25) is 4.79 Å². The second-order valence-corrected chi connectivity index (χ2v) is 6.53. The van der Waals surface area contributed by atoms with Crippen LogP contribution in [0.3, 0.4) is 0 Å². The third-order valence-corrected chi connectivity index (χ3v) is 5.05. The van der Waals surface area contributed by atoms with Crippen molar-refractivity contribution in [1.29, 1.82) is 0 Å². The van der Waals surface area contributed by atoms with Gasteiger partial charge in [0.15, 0.2) is 4.90 Å². The molecule has 0 spiro atoms. The molecule has 0 aliphatic heterocycles. The third kappa shape index (κ3) is 2.27. The lowest BCUT2D eigenvalue weighted by molar-refractivity contribution is 0.414. The molecule has 0 unspecified atom stereocenters. The molecule has 0 aliphatic rings. The number of rotatable bonds is 3. The Bertz CT molecular complexity index is 988. The fourth-order valence-electron chi connectivity index (χ4n) is 2.13. The number of fused-ring (bicyclic) bond motifs is 1. The van der Waals surface area contributed by atoms with Gasteiger partial charge in [0.25, 0.3) is 0 Å². The molecule has 22 heavy (non-hydrogen) atoms. The molecular formula is C16H12O5S. The Labute approximate surface area is 126 Å². The van der Waals surface area contributed by atoms with E-state index >= 15 is 0 Å². The first-order valence-corrected chi connectivity index (χ1v) is 7.92. The highest BCUT2D eigenvalue weighted by Crippen LogP contribution is 2.23. The maximum absolute atomic E-state index is 12.5. The largest absolute Gasteiger partial charge is 0.497 e. The highest BCUT2D eigenvalue weighted by molar-refractivity contribution is 7.91. The van der Waals surface area contributed by atoms with Gasteiger partial charge in [-0.25, -0.2) is 8.42 Å². The van der Waals surface area contributed by atoms with E-state index in [0.29, 0.717) is 5.75 Å². The van der Waals surface area contributed by atoms with Crippen molar-refractivity contribution in [3.63, 3.8) is 0 Å². The lowest BCUT2D eigenvalue weighted by Crippen LogP contribution is -2.15. The Morgan fingerprint density at radius 1 is 1.05 bits per heavy atom. The monoisotopic (exact) mass is 316 g/mol. The number of methoxy groups -OCH3 is 1. The van der Waals surface area contributed by atoms with Crippen LogP contribution in [0.5, 0.6) is 5.75 Å². The van der Waals surface area contributed by atoms with Crippen LogP contribution in [0.2, 0.25) is 0 Å². The first kappa shape index (κ1) is 14.3. The van der Waals surface area contributed by atoms with Crippen molar-refractivity contribution < 1.29 is 17.6 Å². The summed E-state index contributed by atoms with van der Waals surface area (Å²) in [5.74, 6) is 0.523. The summed E-state index contributed by atoms with van der Waals surface area (Å²) < 4.78 is 35.4. The van der Waals surface area contributed by atoms with Gasteiger partial charge in [0, 0.05) is 6.07 Å². The van der Waals surface area contributed by atoms with Crippen LogP contribution in [0.15, 0.2) is 73.8 Å². The Morgan fingerprint density at radius 2 is 1.77 bits per heavy atom. The molecular weight excluding hydrogens is 304 g/mol. The number of hydrogen-bond donors (Lipinski definition) is 0. The van der Waals surface area contributed by atoms with Crippen LogP contribution in [-0.4, -0.2) is 15.5 Å². The molecule has 0 N–H and O–H groups in total. The molecule has 3 rings (SSSR count). The van der Waals surface area contributed by atoms with Gasteiger partial charge >= 0.3 is 0 Å². The topological polar surface area (TPSA) is 73.6 Å². The fourth-order valence-corrected chi connectivity index (χ4v) is 3.43. The molecule has 0 amide bonds. The average Bonchev–Trinajstić information content (AvgIpc) is 2.55. The van der Waals surface area contributed by atoms with Crippen molar-refractivity contribution in [3.05, 3.63) is 65.0 Å². The van der Waals surface area contributed by atoms with E-state index in [2.05, 4.69) is 0 Å². The Morgan fingerprint density at radius 3 is 2.45 bits per heavy atom. The molecule has 3 aromatic rings. The summed E-state index contributed by atoms with van der Waals surface area (Å²) in [6.07, 6.45) is 0.979. The van der Waals surface area contributed by atoms with Gasteiger partial charge in [-0.15, -0.1) is 0 Å². The predicted octanol–water partition coefficient (Wildman–Crippen LogP) is 2.63. The van der Waals surface area contributed by atoms with E-state index in [1.807, 2.05) is 0 Å². The van der Waals surface area contributed by atoms with Crippen LogP contribution in [0.25, 0.3) is 11.0 Å². The van der Waals surface area contributed by atoms with Gasteiger partial charge in [-0.1, -0.05) is 18.2 Å². The first-order valence-electron chi connectivity index (χ1n) is 6.44. The van der Waals surface area contributed by atoms with Crippen molar-refractivity contribution in [2.45, 2.75) is 9.79 Å². The lowest BCUT2D eigenvalue weighted by Gasteiger charge is -2.05. The number of ether oxygens (including phenoxy) is 1. The zero-order chi connectivity index (χ0) is 15.7. The van der Waals surface area contributed by atoms with Crippen molar-refractivity contribution in [2.24, 2.45) is 0 Å². The number of sulfone groups is 1. The summed E-state index contributed by atoms with van der Waals surface area (Å²) in [4.78, 5) is 12.1. The molecule has 0 fully saturated rings. The quantitative estimate of drug-likeness (QED) is 0.742.